The zero-order valence-electron chi connectivity index (χ0n) is 12.8. The molecule has 0 bridgehead atoms. The van der Waals surface area contributed by atoms with Gasteiger partial charge in [-0.15, -0.1) is 0 Å². The number of nitrogens with zero attached hydrogens (tertiary/aromatic N) is 5. The van der Waals surface area contributed by atoms with Crippen LogP contribution < -0.4 is 10.2 Å². The van der Waals surface area contributed by atoms with E-state index in [2.05, 4.69) is 30.5 Å². The van der Waals surface area contributed by atoms with Crippen molar-refractivity contribution in [3.63, 3.8) is 0 Å². The molecule has 0 radical (unpaired) electrons. The summed E-state index contributed by atoms with van der Waals surface area (Å²) in [5, 5.41) is 10.8. The van der Waals surface area contributed by atoms with E-state index in [9.17, 15) is 0 Å². The summed E-state index contributed by atoms with van der Waals surface area (Å²) in [6.07, 6.45) is 1.07. The van der Waals surface area contributed by atoms with Crippen molar-refractivity contribution in [3.05, 3.63) is 0 Å². The molecule has 3 heterocycles. The van der Waals surface area contributed by atoms with Crippen LogP contribution in [0, 0.1) is 5.92 Å². The van der Waals surface area contributed by atoms with Gasteiger partial charge in [-0.05, 0) is 16.7 Å². The van der Waals surface area contributed by atoms with Gasteiger partial charge in [0.1, 0.15) is 0 Å². The van der Waals surface area contributed by atoms with E-state index in [0.29, 0.717) is 36.2 Å². The van der Waals surface area contributed by atoms with Gasteiger partial charge in [-0.25, -0.2) is 14.6 Å². The minimum Gasteiger partial charge on any atom is -0.384 e. The molecule has 0 unspecified atom stereocenters. The summed E-state index contributed by atoms with van der Waals surface area (Å²) in [5.74, 6) is 1.96. The largest absolute Gasteiger partial charge is 0.384 e. The Labute approximate surface area is 128 Å². The maximum Gasteiger partial charge on any atom is 0.245 e. The Balaban J connectivity index is 1.83. The van der Waals surface area contributed by atoms with Gasteiger partial charge in [0.15, 0.2) is 11.6 Å². The first kappa shape index (κ1) is 14.9. The molecule has 2 aromatic rings. The zero-order chi connectivity index (χ0) is 15.4. The second-order valence-electron chi connectivity index (χ2n) is 5.28. The Morgan fingerprint density at radius 2 is 2.05 bits per heavy atom. The molecule has 3 rings (SSSR count). The van der Waals surface area contributed by atoms with Crippen LogP contribution in [0.4, 0.5) is 11.6 Å². The van der Waals surface area contributed by atoms with Crippen LogP contribution in [0.5, 0.6) is 0 Å². The molecule has 120 valence electrons. The Hall–Kier alpha value is -2.00. The van der Waals surface area contributed by atoms with Gasteiger partial charge in [-0.1, -0.05) is 0 Å². The lowest BCUT2D eigenvalue weighted by molar-refractivity contribution is 0.161. The van der Waals surface area contributed by atoms with Crippen LogP contribution in [0.25, 0.3) is 11.3 Å². The van der Waals surface area contributed by atoms with Crippen molar-refractivity contribution >= 4 is 22.9 Å². The first-order valence-corrected chi connectivity index (χ1v) is 7.28. The highest BCUT2D eigenvalue weighted by atomic mass is 16.6. The molecule has 1 aliphatic rings. The molecule has 0 saturated carbocycles. The summed E-state index contributed by atoms with van der Waals surface area (Å²) >= 11 is 0. The predicted molar refractivity (Wildman–Crippen MR) is 80.0 cm³/mol. The molecule has 1 aliphatic heterocycles. The minimum atomic E-state index is 0.399. The van der Waals surface area contributed by atoms with E-state index < -0.39 is 0 Å². The summed E-state index contributed by atoms with van der Waals surface area (Å²) in [5.41, 5.74) is 0.818. The van der Waals surface area contributed by atoms with Crippen LogP contribution in [0.3, 0.4) is 0 Å². The average molecular weight is 308 g/mol. The van der Waals surface area contributed by atoms with E-state index in [1.54, 1.807) is 14.2 Å². The molecule has 0 amide bonds. The predicted octanol–water partition coefficient (Wildman–Crippen LogP) is 0.544. The molecule has 0 aliphatic carbocycles. The fraction of sp³-hybridized carbons (Fsp3) is 0.692. The zero-order valence-corrected chi connectivity index (χ0v) is 12.8. The SMILES string of the molecule is COCCNc1nc2nonc2nc1N1CC[C@H](COC)C1. The third kappa shape index (κ3) is 3.09. The summed E-state index contributed by atoms with van der Waals surface area (Å²) in [6.45, 7) is 3.79. The normalized spacial score (nSPS) is 18.3. The number of fused-ring (bicyclic) bond motifs is 1. The number of anilines is 2. The molecule has 2 aromatic heterocycles. The van der Waals surface area contributed by atoms with Crippen molar-refractivity contribution in [1.29, 1.82) is 0 Å². The maximum absolute atomic E-state index is 5.25. The smallest absolute Gasteiger partial charge is 0.245 e. The van der Waals surface area contributed by atoms with Crippen molar-refractivity contribution in [1.82, 2.24) is 20.3 Å². The van der Waals surface area contributed by atoms with Gasteiger partial charge in [0.25, 0.3) is 0 Å². The number of hydrogen-bond acceptors (Lipinski definition) is 9. The highest BCUT2D eigenvalue weighted by Crippen LogP contribution is 2.28. The lowest BCUT2D eigenvalue weighted by Gasteiger charge is -2.20. The molecule has 1 saturated heterocycles. The monoisotopic (exact) mass is 308 g/mol. The third-order valence-electron chi connectivity index (χ3n) is 3.68. The first-order chi connectivity index (χ1) is 10.8. The van der Waals surface area contributed by atoms with Crippen LogP contribution in [0.15, 0.2) is 4.63 Å². The Kier molecular flexibility index (Phi) is 4.64. The number of methoxy groups -OCH3 is 2. The number of nitrogens with one attached hydrogen (secondary N) is 1. The van der Waals surface area contributed by atoms with Gasteiger partial charge >= 0.3 is 0 Å². The van der Waals surface area contributed by atoms with Crippen molar-refractivity contribution in [2.24, 2.45) is 5.92 Å². The Morgan fingerprint density at radius 1 is 1.23 bits per heavy atom. The van der Waals surface area contributed by atoms with E-state index in [1.165, 1.54) is 0 Å². The number of rotatable bonds is 7. The van der Waals surface area contributed by atoms with E-state index >= 15 is 0 Å². The van der Waals surface area contributed by atoms with Gasteiger partial charge < -0.3 is 19.7 Å². The van der Waals surface area contributed by atoms with Gasteiger partial charge in [0.2, 0.25) is 11.3 Å². The second kappa shape index (κ2) is 6.84. The molecule has 0 aromatic carbocycles. The number of aromatic nitrogens is 4. The average Bonchev–Trinajstić information content (AvgIpc) is 3.15. The topological polar surface area (TPSA) is 98.4 Å². The number of hydrogen-bond donors (Lipinski definition) is 1. The fourth-order valence-electron chi connectivity index (χ4n) is 2.64. The van der Waals surface area contributed by atoms with Gasteiger partial charge in [-0.2, -0.15) is 0 Å². The first-order valence-electron chi connectivity index (χ1n) is 7.28. The van der Waals surface area contributed by atoms with E-state index in [4.69, 9.17) is 14.1 Å². The van der Waals surface area contributed by atoms with Gasteiger partial charge in [0, 0.05) is 39.8 Å². The molecule has 9 heteroatoms. The van der Waals surface area contributed by atoms with E-state index in [1.807, 2.05) is 0 Å². The molecule has 1 atom stereocenters. The van der Waals surface area contributed by atoms with Crippen LogP contribution in [0.2, 0.25) is 0 Å². The summed E-state index contributed by atoms with van der Waals surface area (Å²) in [7, 11) is 3.39. The van der Waals surface area contributed by atoms with Crippen LogP contribution in [-0.2, 0) is 9.47 Å². The van der Waals surface area contributed by atoms with Crippen LogP contribution >= 0.6 is 0 Å². The minimum absolute atomic E-state index is 0.399. The van der Waals surface area contributed by atoms with E-state index in [-0.39, 0.29) is 0 Å². The van der Waals surface area contributed by atoms with Gasteiger partial charge in [0.05, 0.1) is 13.2 Å². The quantitative estimate of drug-likeness (QED) is 0.735. The summed E-state index contributed by atoms with van der Waals surface area (Å²) in [4.78, 5) is 11.2. The van der Waals surface area contributed by atoms with E-state index in [0.717, 1.165) is 31.9 Å². The Morgan fingerprint density at radius 3 is 2.82 bits per heavy atom. The highest BCUT2D eigenvalue weighted by molar-refractivity contribution is 5.74. The second-order valence-corrected chi connectivity index (χ2v) is 5.28. The molecule has 9 nitrogen and oxygen atoms in total. The molecule has 1 fully saturated rings. The summed E-state index contributed by atoms with van der Waals surface area (Å²) < 4.78 is 15.0. The summed E-state index contributed by atoms with van der Waals surface area (Å²) in [6, 6.07) is 0. The van der Waals surface area contributed by atoms with Crippen molar-refractivity contribution in [3.8, 4) is 0 Å². The lowest BCUT2D eigenvalue weighted by atomic mass is 10.1. The Bertz CT molecular complexity index is 619. The van der Waals surface area contributed by atoms with Crippen molar-refractivity contribution in [2.75, 3.05) is 57.3 Å². The maximum atomic E-state index is 5.25. The van der Waals surface area contributed by atoms with Crippen LogP contribution in [0.1, 0.15) is 6.42 Å². The lowest BCUT2D eigenvalue weighted by Crippen LogP contribution is -2.24. The van der Waals surface area contributed by atoms with Crippen molar-refractivity contribution in [2.45, 2.75) is 6.42 Å². The molecule has 1 N–H and O–H groups in total. The van der Waals surface area contributed by atoms with Crippen molar-refractivity contribution < 1.29 is 14.1 Å². The molecular formula is C13H20N6O3. The molecule has 0 spiro atoms. The fourth-order valence-corrected chi connectivity index (χ4v) is 2.64. The van der Waals surface area contributed by atoms with Gasteiger partial charge in [-0.3, -0.25) is 0 Å². The molecular weight excluding hydrogens is 288 g/mol. The standard InChI is InChI=1S/C13H20N6O3/c1-20-6-4-14-12-13(16-11-10(15-12)17-22-18-11)19-5-3-9(7-19)8-21-2/h9H,3-8H2,1-2H3,(H,14,15,17)/t9-/m0/s1. The number of ether oxygens (including phenoxy) is 2. The van der Waals surface area contributed by atoms with Crippen LogP contribution in [-0.4, -0.2) is 67.3 Å². The highest BCUT2D eigenvalue weighted by Gasteiger charge is 2.26. The molecule has 22 heavy (non-hydrogen) atoms. The third-order valence-corrected chi connectivity index (χ3v) is 3.68.